The summed E-state index contributed by atoms with van der Waals surface area (Å²) in [7, 11) is 1.35. The van der Waals surface area contributed by atoms with E-state index in [1.165, 1.54) is 60.5 Å². The maximum atomic E-state index is 14.1. The Morgan fingerprint density at radius 3 is 2.27 bits per heavy atom. The van der Waals surface area contributed by atoms with Crippen molar-refractivity contribution in [1.29, 1.82) is 0 Å². The molecule has 3 N–H and O–H groups in total. The van der Waals surface area contributed by atoms with Gasteiger partial charge in [-0.2, -0.15) is 0 Å². The Labute approximate surface area is 309 Å². The van der Waals surface area contributed by atoms with Crippen LogP contribution < -0.4 is 16.0 Å². The molecule has 8 nitrogen and oxygen atoms in total. The van der Waals surface area contributed by atoms with Gasteiger partial charge in [0.25, 0.3) is 11.8 Å². The summed E-state index contributed by atoms with van der Waals surface area (Å²) in [5, 5.41) is 8.38. The van der Waals surface area contributed by atoms with Crippen LogP contribution in [0, 0.1) is 5.82 Å². The molecule has 52 heavy (non-hydrogen) atoms. The highest BCUT2D eigenvalue weighted by atomic mass is 32.2. The van der Waals surface area contributed by atoms with E-state index in [1.54, 1.807) is 48.5 Å². The number of nitrogens with one attached hydrogen (secondary N) is 3. The molecule has 0 bridgehead atoms. The highest BCUT2D eigenvalue weighted by molar-refractivity contribution is 8.00. The van der Waals surface area contributed by atoms with Gasteiger partial charge in [0.15, 0.2) is 0 Å². The van der Waals surface area contributed by atoms with Crippen LogP contribution in [-0.2, 0) is 27.2 Å². The third kappa shape index (κ3) is 9.03. The van der Waals surface area contributed by atoms with Gasteiger partial charge in [-0.25, -0.2) is 9.18 Å². The zero-order valence-electron chi connectivity index (χ0n) is 28.3. The Kier molecular flexibility index (Phi) is 11.9. The molecule has 0 radical (unpaired) electrons. The number of esters is 1. The van der Waals surface area contributed by atoms with E-state index < -0.39 is 28.9 Å². The maximum Gasteiger partial charge on any atom is 0.341 e. The lowest BCUT2D eigenvalue weighted by atomic mass is 10.1. The minimum absolute atomic E-state index is 0.0455. The van der Waals surface area contributed by atoms with Crippen molar-refractivity contribution in [2.75, 3.05) is 17.7 Å². The van der Waals surface area contributed by atoms with Gasteiger partial charge in [0, 0.05) is 21.0 Å². The number of anilines is 2. The first-order valence-corrected chi connectivity index (χ1v) is 18.5. The van der Waals surface area contributed by atoms with Crippen molar-refractivity contribution in [3.63, 3.8) is 0 Å². The first-order chi connectivity index (χ1) is 25.3. The molecule has 1 atom stereocenters. The van der Waals surface area contributed by atoms with Crippen LogP contribution in [0.5, 0.6) is 0 Å². The number of halogens is 1. The van der Waals surface area contributed by atoms with Crippen LogP contribution in [0.1, 0.15) is 66.8 Å². The lowest BCUT2D eigenvalue weighted by molar-refractivity contribution is -0.116. The van der Waals surface area contributed by atoms with Crippen molar-refractivity contribution in [2.24, 2.45) is 0 Å². The van der Waals surface area contributed by atoms with Crippen LogP contribution in [0.4, 0.5) is 15.1 Å². The Hall–Kier alpha value is -5.52. The summed E-state index contributed by atoms with van der Waals surface area (Å²) in [5.74, 6) is -2.28. The molecule has 264 valence electrons. The van der Waals surface area contributed by atoms with E-state index in [-0.39, 0.29) is 11.6 Å². The molecule has 0 aliphatic heterocycles. The Morgan fingerprint density at radius 2 is 1.54 bits per heavy atom. The summed E-state index contributed by atoms with van der Waals surface area (Å²) in [5.41, 5.74) is 3.41. The van der Waals surface area contributed by atoms with Crippen molar-refractivity contribution >= 4 is 63.6 Å². The van der Waals surface area contributed by atoms with Crippen LogP contribution in [0.2, 0.25) is 0 Å². The van der Waals surface area contributed by atoms with E-state index in [9.17, 15) is 23.6 Å². The molecular formula is C41H36FN3O5S2. The fourth-order valence-electron chi connectivity index (χ4n) is 5.88. The van der Waals surface area contributed by atoms with Gasteiger partial charge >= 0.3 is 5.97 Å². The lowest BCUT2D eigenvalue weighted by Crippen LogP contribution is -2.30. The van der Waals surface area contributed by atoms with Gasteiger partial charge in [-0.3, -0.25) is 14.4 Å². The van der Waals surface area contributed by atoms with Crippen LogP contribution in [-0.4, -0.2) is 30.8 Å². The minimum atomic E-state index is -0.710. The molecule has 0 fully saturated rings. The molecule has 11 heteroatoms. The molecule has 1 aliphatic rings. The third-order valence-corrected chi connectivity index (χ3v) is 10.9. The van der Waals surface area contributed by atoms with E-state index in [2.05, 4.69) is 16.0 Å². The van der Waals surface area contributed by atoms with E-state index in [4.69, 9.17) is 4.74 Å². The van der Waals surface area contributed by atoms with Gasteiger partial charge in [0.05, 0.1) is 12.7 Å². The number of methoxy groups -OCH3 is 1. The molecule has 1 aliphatic carbocycles. The second-order valence-corrected chi connectivity index (χ2v) is 14.4. The van der Waals surface area contributed by atoms with Gasteiger partial charge in [0.1, 0.15) is 21.8 Å². The van der Waals surface area contributed by atoms with E-state index in [0.717, 1.165) is 48.1 Å². The number of ether oxygens (including phenoxy) is 1. The Bertz CT molecular complexity index is 2100. The zero-order valence-corrected chi connectivity index (χ0v) is 30.0. The third-order valence-electron chi connectivity index (χ3n) is 8.44. The monoisotopic (exact) mass is 733 g/mol. The standard InChI is InChI=1S/C41H36FN3O5S2/c1-50-41(49)35-32-18-9-4-10-19-34(32)52-40(35)45-39(48)36(27-12-5-2-6-13-27)51-31-17-11-16-30(25-31)43-38(47)33(24-26-20-22-29(42)23-21-26)44-37(46)28-14-7-3-8-15-28/h2-3,5-8,11-17,20-25,36H,4,9-10,18-19H2,1H3,(H,43,47)(H,44,46)(H,45,48)/b33-24+. The maximum absolute atomic E-state index is 14.1. The van der Waals surface area contributed by atoms with Gasteiger partial charge in [-0.15, -0.1) is 23.1 Å². The smallest absolute Gasteiger partial charge is 0.341 e. The van der Waals surface area contributed by atoms with Crippen molar-refractivity contribution in [3.05, 3.63) is 153 Å². The number of aryl methyl sites for hydroxylation is 1. The summed E-state index contributed by atoms with van der Waals surface area (Å²) in [6, 6.07) is 30.4. The summed E-state index contributed by atoms with van der Waals surface area (Å²) >= 11 is 2.73. The molecule has 0 saturated heterocycles. The highest BCUT2D eigenvalue weighted by Gasteiger charge is 2.29. The fourth-order valence-corrected chi connectivity index (χ4v) is 8.24. The number of carbonyl (C=O) groups is 4. The lowest BCUT2D eigenvalue weighted by Gasteiger charge is -2.18. The average molecular weight is 734 g/mol. The Morgan fingerprint density at radius 1 is 0.827 bits per heavy atom. The molecule has 1 heterocycles. The predicted octanol–water partition coefficient (Wildman–Crippen LogP) is 8.82. The number of fused-ring (bicyclic) bond motifs is 1. The van der Waals surface area contributed by atoms with Crippen molar-refractivity contribution in [1.82, 2.24) is 5.32 Å². The van der Waals surface area contributed by atoms with Crippen LogP contribution in [0.3, 0.4) is 0 Å². The summed E-state index contributed by atoms with van der Waals surface area (Å²) in [4.78, 5) is 55.6. The minimum Gasteiger partial charge on any atom is -0.465 e. The van der Waals surface area contributed by atoms with Crippen molar-refractivity contribution < 1.29 is 28.3 Å². The number of hydrogen-bond acceptors (Lipinski definition) is 7. The van der Waals surface area contributed by atoms with Gasteiger partial charge in [0.2, 0.25) is 5.91 Å². The quantitative estimate of drug-likeness (QED) is 0.0541. The van der Waals surface area contributed by atoms with Gasteiger partial charge in [-0.1, -0.05) is 73.2 Å². The van der Waals surface area contributed by atoms with Crippen LogP contribution in [0.25, 0.3) is 6.08 Å². The first-order valence-electron chi connectivity index (χ1n) is 16.8. The van der Waals surface area contributed by atoms with Crippen LogP contribution in [0.15, 0.2) is 120 Å². The molecule has 5 aromatic rings. The predicted molar refractivity (Wildman–Crippen MR) is 204 cm³/mol. The van der Waals surface area contributed by atoms with Crippen LogP contribution >= 0.6 is 23.1 Å². The number of hydrogen-bond donors (Lipinski definition) is 3. The number of carbonyl (C=O) groups excluding carboxylic acids is 4. The molecule has 0 spiro atoms. The summed E-state index contributed by atoms with van der Waals surface area (Å²) in [6.07, 6.45) is 6.17. The molecule has 3 amide bonds. The Balaban J connectivity index is 1.25. The largest absolute Gasteiger partial charge is 0.465 e. The second-order valence-electron chi connectivity index (χ2n) is 12.1. The molecule has 4 aromatic carbocycles. The van der Waals surface area contributed by atoms with E-state index in [1.807, 2.05) is 36.4 Å². The van der Waals surface area contributed by atoms with Gasteiger partial charge in [-0.05, 0) is 90.9 Å². The number of rotatable bonds is 11. The van der Waals surface area contributed by atoms with E-state index >= 15 is 0 Å². The first kappa shape index (κ1) is 36.3. The summed E-state index contributed by atoms with van der Waals surface area (Å²) < 4.78 is 18.8. The van der Waals surface area contributed by atoms with E-state index in [0.29, 0.717) is 32.3 Å². The SMILES string of the molecule is COC(=O)c1c(NC(=O)C(Sc2cccc(NC(=O)/C(=C\c3ccc(F)cc3)NC(=O)c3ccccc3)c2)c2ccccc2)sc2c1CCCCC2. The fraction of sp³-hybridized carbons (Fsp3) is 0.171. The molecular weight excluding hydrogens is 698 g/mol. The molecule has 1 unspecified atom stereocenters. The molecule has 1 aromatic heterocycles. The summed E-state index contributed by atoms with van der Waals surface area (Å²) in [6.45, 7) is 0. The highest BCUT2D eigenvalue weighted by Crippen LogP contribution is 2.41. The number of thiophene rings is 1. The van der Waals surface area contributed by atoms with Crippen molar-refractivity contribution in [2.45, 2.75) is 42.2 Å². The van der Waals surface area contributed by atoms with Gasteiger partial charge < -0.3 is 20.7 Å². The molecule has 0 saturated carbocycles. The zero-order chi connectivity index (χ0) is 36.5. The number of amides is 3. The number of benzene rings is 4. The van der Waals surface area contributed by atoms with Crippen molar-refractivity contribution in [3.8, 4) is 0 Å². The normalized spacial score (nSPS) is 13.2. The second kappa shape index (κ2) is 17.1. The topological polar surface area (TPSA) is 114 Å². The number of thioether (sulfide) groups is 1. The average Bonchev–Trinajstić information content (AvgIpc) is 3.33. The molecule has 6 rings (SSSR count).